The Balaban J connectivity index is 1.63. The first-order valence-electron chi connectivity index (χ1n) is 7.28. The average Bonchev–Trinajstić information content (AvgIpc) is 3.03. The summed E-state index contributed by atoms with van der Waals surface area (Å²) < 4.78 is 1.70. The number of primary amides is 1. The fourth-order valence-electron chi connectivity index (χ4n) is 2.92. The lowest BCUT2D eigenvalue weighted by atomic mass is 9.78. The number of carbonyl (C=O) groups excluding carboxylic acids is 2. The van der Waals surface area contributed by atoms with Gasteiger partial charge < -0.3 is 16.0 Å². The zero-order valence-electron chi connectivity index (χ0n) is 12.4. The van der Waals surface area contributed by atoms with Crippen LogP contribution in [0.3, 0.4) is 0 Å². The summed E-state index contributed by atoms with van der Waals surface area (Å²) in [5.74, 6) is -0.0891. The minimum atomic E-state index is -0.278. The molecule has 0 aliphatic heterocycles. The summed E-state index contributed by atoms with van der Waals surface area (Å²) >= 11 is 0. The molecule has 0 bridgehead atoms. The van der Waals surface area contributed by atoms with Crippen molar-refractivity contribution >= 4 is 11.8 Å². The second kappa shape index (κ2) is 5.67. The second-order valence-electron chi connectivity index (χ2n) is 5.86. The summed E-state index contributed by atoms with van der Waals surface area (Å²) in [5.41, 5.74) is 7.51. The summed E-state index contributed by atoms with van der Waals surface area (Å²) in [4.78, 5) is 26.2. The van der Waals surface area contributed by atoms with Crippen molar-refractivity contribution in [2.24, 2.45) is 18.7 Å². The molecule has 1 aliphatic rings. The number of aromatic nitrogens is 3. The molecule has 0 radical (unpaired) electrons. The molecule has 0 aromatic carbocycles. The molecular formula is C15H19N5O2. The molecule has 2 heterocycles. The number of amides is 2. The predicted octanol–water partition coefficient (Wildman–Crippen LogP) is 0.799. The third-order valence-electron chi connectivity index (χ3n) is 4.07. The first-order chi connectivity index (χ1) is 10.5. The molecule has 0 spiro atoms. The Morgan fingerprint density at radius 2 is 2.23 bits per heavy atom. The molecule has 7 nitrogen and oxygen atoms in total. The van der Waals surface area contributed by atoms with Crippen LogP contribution in [0.15, 0.2) is 24.8 Å². The van der Waals surface area contributed by atoms with Gasteiger partial charge in [-0.15, -0.1) is 0 Å². The molecule has 2 aromatic heterocycles. The highest BCUT2D eigenvalue weighted by molar-refractivity contribution is 6.00. The molecule has 2 aromatic rings. The van der Waals surface area contributed by atoms with E-state index >= 15 is 0 Å². The summed E-state index contributed by atoms with van der Waals surface area (Å²) in [7, 11) is 1.84. The Morgan fingerprint density at radius 1 is 1.45 bits per heavy atom. The van der Waals surface area contributed by atoms with E-state index < -0.39 is 0 Å². The van der Waals surface area contributed by atoms with E-state index in [0.29, 0.717) is 17.9 Å². The van der Waals surface area contributed by atoms with Gasteiger partial charge in [-0.05, 0) is 18.8 Å². The standard InChI is InChI=1S/C15H19N5O2/c1-20-8-10(5-18-20)12-6-17-7-13(12)15(22)19-11-2-9(3-11)4-14(16)21/h5-9,11,17H,2-4H2,1H3,(H2,16,21)(H,19,22). The molecule has 0 saturated heterocycles. The van der Waals surface area contributed by atoms with Gasteiger partial charge in [0.15, 0.2) is 0 Å². The second-order valence-corrected chi connectivity index (χ2v) is 5.86. The molecule has 2 amide bonds. The van der Waals surface area contributed by atoms with Gasteiger partial charge in [-0.3, -0.25) is 14.3 Å². The van der Waals surface area contributed by atoms with Crippen LogP contribution in [0.4, 0.5) is 0 Å². The third kappa shape index (κ3) is 2.88. The van der Waals surface area contributed by atoms with Crippen molar-refractivity contribution in [2.75, 3.05) is 0 Å². The van der Waals surface area contributed by atoms with Crippen LogP contribution in [0.1, 0.15) is 29.6 Å². The van der Waals surface area contributed by atoms with Crippen molar-refractivity contribution in [3.63, 3.8) is 0 Å². The predicted molar refractivity (Wildman–Crippen MR) is 80.8 cm³/mol. The fraction of sp³-hybridized carbons (Fsp3) is 0.400. The highest BCUT2D eigenvalue weighted by Gasteiger charge is 2.31. The number of H-pyrrole nitrogens is 1. The number of nitrogens with one attached hydrogen (secondary N) is 2. The van der Waals surface area contributed by atoms with E-state index in [2.05, 4.69) is 15.4 Å². The van der Waals surface area contributed by atoms with Crippen LogP contribution >= 0.6 is 0 Å². The van der Waals surface area contributed by atoms with Crippen LogP contribution in [0.5, 0.6) is 0 Å². The van der Waals surface area contributed by atoms with Crippen LogP contribution < -0.4 is 11.1 Å². The topological polar surface area (TPSA) is 106 Å². The Bertz CT molecular complexity index is 696. The van der Waals surface area contributed by atoms with Crippen molar-refractivity contribution in [3.05, 3.63) is 30.4 Å². The average molecular weight is 301 g/mol. The maximum Gasteiger partial charge on any atom is 0.253 e. The van der Waals surface area contributed by atoms with Gasteiger partial charge >= 0.3 is 0 Å². The number of hydrogen-bond donors (Lipinski definition) is 3. The SMILES string of the molecule is Cn1cc(-c2c[nH]cc2C(=O)NC2CC(CC(N)=O)C2)cn1. The Kier molecular flexibility index (Phi) is 3.70. The van der Waals surface area contributed by atoms with E-state index in [4.69, 9.17) is 5.73 Å². The van der Waals surface area contributed by atoms with Crippen LogP contribution in [0, 0.1) is 5.92 Å². The van der Waals surface area contributed by atoms with Gasteiger partial charge in [-0.2, -0.15) is 5.10 Å². The van der Waals surface area contributed by atoms with Crippen molar-refractivity contribution in [3.8, 4) is 11.1 Å². The van der Waals surface area contributed by atoms with E-state index in [9.17, 15) is 9.59 Å². The molecule has 1 fully saturated rings. The summed E-state index contributed by atoms with van der Waals surface area (Å²) in [6.45, 7) is 0. The van der Waals surface area contributed by atoms with E-state index in [0.717, 1.165) is 24.0 Å². The highest BCUT2D eigenvalue weighted by atomic mass is 16.2. The molecule has 0 unspecified atom stereocenters. The Morgan fingerprint density at radius 3 is 2.86 bits per heavy atom. The third-order valence-corrected chi connectivity index (χ3v) is 4.07. The quantitative estimate of drug-likeness (QED) is 0.760. The first-order valence-corrected chi connectivity index (χ1v) is 7.28. The van der Waals surface area contributed by atoms with E-state index in [1.54, 1.807) is 23.3 Å². The zero-order chi connectivity index (χ0) is 15.7. The molecule has 1 saturated carbocycles. The lowest BCUT2D eigenvalue weighted by molar-refractivity contribution is -0.119. The molecule has 3 rings (SSSR count). The maximum atomic E-state index is 12.4. The van der Waals surface area contributed by atoms with Crippen molar-refractivity contribution in [1.82, 2.24) is 20.1 Å². The molecular weight excluding hydrogens is 282 g/mol. The summed E-state index contributed by atoms with van der Waals surface area (Å²) in [6.07, 6.45) is 9.10. The van der Waals surface area contributed by atoms with Crippen molar-refractivity contribution < 1.29 is 9.59 Å². The minimum Gasteiger partial charge on any atom is -0.370 e. The van der Waals surface area contributed by atoms with Gasteiger partial charge in [0.05, 0.1) is 11.8 Å². The minimum absolute atomic E-state index is 0.109. The number of aromatic amines is 1. The van der Waals surface area contributed by atoms with Gasteiger partial charge in [0.25, 0.3) is 5.91 Å². The monoisotopic (exact) mass is 301 g/mol. The lowest BCUT2D eigenvalue weighted by Crippen LogP contribution is -2.45. The van der Waals surface area contributed by atoms with Crippen molar-refractivity contribution in [1.29, 1.82) is 0 Å². The number of hydrogen-bond acceptors (Lipinski definition) is 3. The smallest absolute Gasteiger partial charge is 0.253 e. The molecule has 116 valence electrons. The van der Waals surface area contributed by atoms with Gasteiger partial charge in [-0.25, -0.2) is 0 Å². The first kappa shape index (κ1) is 14.4. The molecule has 1 aliphatic carbocycles. The zero-order valence-corrected chi connectivity index (χ0v) is 12.4. The Hall–Kier alpha value is -2.57. The number of aryl methyl sites for hydroxylation is 1. The number of rotatable bonds is 5. The molecule has 0 atom stereocenters. The molecule has 7 heteroatoms. The van der Waals surface area contributed by atoms with Crippen molar-refractivity contribution in [2.45, 2.75) is 25.3 Å². The Labute approximate surface area is 127 Å². The summed E-state index contributed by atoms with van der Waals surface area (Å²) in [5, 5.41) is 7.13. The van der Waals surface area contributed by atoms with Gasteiger partial charge in [0.2, 0.25) is 5.91 Å². The van der Waals surface area contributed by atoms with Crippen LogP contribution in [0.25, 0.3) is 11.1 Å². The van der Waals surface area contributed by atoms with E-state index in [1.165, 1.54) is 0 Å². The maximum absolute atomic E-state index is 12.4. The number of nitrogens with zero attached hydrogens (tertiary/aromatic N) is 2. The number of carbonyl (C=O) groups is 2. The van der Waals surface area contributed by atoms with Crippen LogP contribution in [0.2, 0.25) is 0 Å². The summed E-state index contributed by atoms with van der Waals surface area (Å²) in [6, 6.07) is 0.119. The molecule has 4 N–H and O–H groups in total. The normalized spacial score (nSPS) is 20.4. The van der Waals surface area contributed by atoms with Gasteiger partial charge in [-0.1, -0.05) is 0 Å². The van der Waals surface area contributed by atoms with E-state index in [-0.39, 0.29) is 17.9 Å². The van der Waals surface area contributed by atoms with Gasteiger partial charge in [0, 0.05) is 49.2 Å². The van der Waals surface area contributed by atoms with Crippen LogP contribution in [-0.4, -0.2) is 32.6 Å². The highest BCUT2D eigenvalue weighted by Crippen LogP contribution is 2.31. The van der Waals surface area contributed by atoms with Crippen LogP contribution in [-0.2, 0) is 11.8 Å². The lowest BCUT2D eigenvalue weighted by Gasteiger charge is -2.35. The number of nitrogens with two attached hydrogens (primary N) is 1. The fourth-order valence-corrected chi connectivity index (χ4v) is 2.92. The largest absolute Gasteiger partial charge is 0.370 e. The van der Waals surface area contributed by atoms with Gasteiger partial charge in [0.1, 0.15) is 0 Å². The van der Waals surface area contributed by atoms with E-state index in [1.807, 2.05) is 13.2 Å². The molecule has 22 heavy (non-hydrogen) atoms.